The topological polar surface area (TPSA) is 12.9 Å². The van der Waals surface area contributed by atoms with Gasteiger partial charge in [0.1, 0.15) is 0 Å². The predicted octanol–water partition coefficient (Wildman–Crippen LogP) is 5.56. The molecule has 0 atom stereocenters. The lowest BCUT2D eigenvalue weighted by Gasteiger charge is -2.06. The molecule has 0 aliphatic heterocycles. The van der Waals surface area contributed by atoms with Crippen molar-refractivity contribution < 1.29 is 0 Å². The average Bonchev–Trinajstić information content (AvgIpc) is 2.60. The summed E-state index contributed by atoms with van der Waals surface area (Å²) in [4.78, 5) is 4.59. The lowest BCUT2D eigenvalue weighted by atomic mass is 10.00. The fourth-order valence-corrected chi connectivity index (χ4v) is 2.83. The normalized spacial score (nSPS) is 11.5. The molecule has 1 nitrogen and oxygen atoms in total. The van der Waals surface area contributed by atoms with E-state index in [0.717, 1.165) is 5.52 Å². The van der Waals surface area contributed by atoms with Crippen molar-refractivity contribution in [2.75, 3.05) is 0 Å². The minimum absolute atomic E-state index is 1.06. The zero-order valence-electron chi connectivity index (χ0n) is 12.1. The second-order valence-electron chi connectivity index (χ2n) is 5.33. The molecule has 1 heteroatoms. The third-order valence-electron chi connectivity index (χ3n) is 3.90. The van der Waals surface area contributed by atoms with E-state index in [9.17, 15) is 0 Å². The van der Waals surface area contributed by atoms with Gasteiger partial charge in [-0.15, -0.1) is 0 Å². The van der Waals surface area contributed by atoms with Crippen molar-refractivity contribution in [1.82, 2.24) is 4.98 Å². The van der Waals surface area contributed by atoms with Gasteiger partial charge in [0, 0.05) is 17.0 Å². The molecule has 0 N–H and O–H groups in total. The SMILES string of the molecule is C(=Cc1cccc2ccc3cccnc3c12)c1ccccc1. The van der Waals surface area contributed by atoms with Crippen LogP contribution in [0.1, 0.15) is 11.1 Å². The monoisotopic (exact) mass is 281 g/mol. The minimum atomic E-state index is 1.06. The van der Waals surface area contributed by atoms with Gasteiger partial charge < -0.3 is 0 Å². The Bertz CT molecular complexity index is 969. The van der Waals surface area contributed by atoms with E-state index in [1.807, 2.05) is 18.3 Å². The van der Waals surface area contributed by atoms with Crippen LogP contribution in [0.15, 0.2) is 79.0 Å². The van der Waals surface area contributed by atoms with Gasteiger partial charge in [0.2, 0.25) is 0 Å². The molecular formula is C21H15N. The maximum atomic E-state index is 4.59. The van der Waals surface area contributed by atoms with Gasteiger partial charge in [0.15, 0.2) is 0 Å². The zero-order valence-corrected chi connectivity index (χ0v) is 12.1. The Morgan fingerprint density at radius 3 is 2.36 bits per heavy atom. The second-order valence-corrected chi connectivity index (χ2v) is 5.33. The van der Waals surface area contributed by atoms with E-state index in [1.165, 1.54) is 27.3 Å². The molecule has 0 saturated heterocycles. The van der Waals surface area contributed by atoms with Gasteiger partial charge in [0.25, 0.3) is 0 Å². The summed E-state index contributed by atoms with van der Waals surface area (Å²) in [5, 5.41) is 3.62. The Hall–Kier alpha value is -2.93. The summed E-state index contributed by atoms with van der Waals surface area (Å²) < 4.78 is 0. The summed E-state index contributed by atoms with van der Waals surface area (Å²) in [6.07, 6.45) is 6.18. The maximum absolute atomic E-state index is 4.59. The Kier molecular flexibility index (Phi) is 3.17. The zero-order chi connectivity index (χ0) is 14.8. The third kappa shape index (κ3) is 2.27. The number of rotatable bonds is 2. The Balaban J connectivity index is 1.94. The quantitative estimate of drug-likeness (QED) is 0.346. The van der Waals surface area contributed by atoms with Gasteiger partial charge in [-0.05, 0) is 22.6 Å². The number of hydrogen-bond acceptors (Lipinski definition) is 1. The fourth-order valence-electron chi connectivity index (χ4n) is 2.83. The molecule has 0 saturated carbocycles. The van der Waals surface area contributed by atoms with Crippen molar-refractivity contribution in [1.29, 1.82) is 0 Å². The molecule has 0 unspecified atom stereocenters. The van der Waals surface area contributed by atoms with Crippen LogP contribution < -0.4 is 0 Å². The van der Waals surface area contributed by atoms with Crippen molar-refractivity contribution in [2.45, 2.75) is 0 Å². The van der Waals surface area contributed by atoms with E-state index in [4.69, 9.17) is 0 Å². The summed E-state index contributed by atoms with van der Waals surface area (Å²) >= 11 is 0. The van der Waals surface area contributed by atoms with Crippen LogP contribution in [0, 0.1) is 0 Å². The first kappa shape index (κ1) is 12.8. The van der Waals surface area contributed by atoms with Crippen LogP contribution in [0.5, 0.6) is 0 Å². The number of benzene rings is 3. The maximum Gasteiger partial charge on any atom is 0.0786 e. The van der Waals surface area contributed by atoms with E-state index in [2.05, 4.69) is 77.8 Å². The number of hydrogen-bond donors (Lipinski definition) is 0. The van der Waals surface area contributed by atoms with E-state index in [1.54, 1.807) is 0 Å². The van der Waals surface area contributed by atoms with Gasteiger partial charge in [0.05, 0.1) is 5.52 Å². The van der Waals surface area contributed by atoms with Crippen LogP contribution in [0.3, 0.4) is 0 Å². The molecule has 4 aromatic rings. The van der Waals surface area contributed by atoms with Crippen LogP contribution in [0.4, 0.5) is 0 Å². The van der Waals surface area contributed by atoms with Crippen molar-refractivity contribution in [2.24, 2.45) is 0 Å². The smallest absolute Gasteiger partial charge is 0.0786 e. The van der Waals surface area contributed by atoms with Crippen molar-refractivity contribution in [3.63, 3.8) is 0 Å². The minimum Gasteiger partial charge on any atom is -0.256 e. The molecule has 104 valence electrons. The molecule has 0 bridgehead atoms. The highest BCUT2D eigenvalue weighted by molar-refractivity contribution is 6.09. The lowest BCUT2D eigenvalue weighted by molar-refractivity contribution is 1.43. The fraction of sp³-hybridized carbons (Fsp3) is 0. The summed E-state index contributed by atoms with van der Waals surface area (Å²) in [7, 11) is 0. The molecule has 0 spiro atoms. The van der Waals surface area contributed by atoms with Gasteiger partial charge in [-0.1, -0.05) is 78.9 Å². The largest absolute Gasteiger partial charge is 0.256 e. The molecule has 0 fully saturated rings. The van der Waals surface area contributed by atoms with Crippen LogP contribution >= 0.6 is 0 Å². The molecule has 22 heavy (non-hydrogen) atoms. The summed E-state index contributed by atoms with van der Waals surface area (Å²) in [5.41, 5.74) is 3.46. The highest BCUT2D eigenvalue weighted by Gasteiger charge is 2.04. The number of fused-ring (bicyclic) bond motifs is 3. The van der Waals surface area contributed by atoms with Gasteiger partial charge in [-0.25, -0.2) is 0 Å². The molecule has 0 radical (unpaired) electrons. The Morgan fingerprint density at radius 1 is 0.636 bits per heavy atom. The Morgan fingerprint density at radius 2 is 1.45 bits per heavy atom. The second kappa shape index (κ2) is 5.45. The molecule has 1 aromatic heterocycles. The third-order valence-corrected chi connectivity index (χ3v) is 3.90. The number of nitrogens with zero attached hydrogens (tertiary/aromatic N) is 1. The molecule has 4 rings (SSSR count). The Labute approximate surface area is 129 Å². The van der Waals surface area contributed by atoms with E-state index in [-0.39, 0.29) is 0 Å². The van der Waals surface area contributed by atoms with Crippen LogP contribution in [-0.2, 0) is 0 Å². The van der Waals surface area contributed by atoms with Crippen LogP contribution in [0.2, 0.25) is 0 Å². The molecule has 0 aliphatic rings. The van der Waals surface area contributed by atoms with Crippen molar-refractivity contribution in [3.8, 4) is 0 Å². The summed E-state index contributed by atoms with van der Waals surface area (Å²) in [6, 6.07) is 25.1. The highest BCUT2D eigenvalue weighted by atomic mass is 14.6. The molecule has 0 aliphatic carbocycles. The molecule has 0 amide bonds. The van der Waals surface area contributed by atoms with Crippen LogP contribution in [-0.4, -0.2) is 4.98 Å². The number of pyridine rings is 1. The van der Waals surface area contributed by atoms with Crippen molar-refractivity contribution >= 4 is 33.8 Å². The predicted molar refractivity (Wildman–Crippen MR) is 94.6 cm³/mol. The van der Waals surface area contributed by atoms with Gasteiger partial charge >= 0.3 is 0 Å². The summed E-state index contributed by atoms with van der Waals surface area (Å²) in [5.74, 6) is 0. The average molecular weight is 281 g/mol. The first-order chi connectivity index (χ1) is 10.9. The van der Waals surface area contributed by atoms with E-state index >= 15 is 0 Å². The van der Waals surface area contributed by atoms with E-state index < -0.39 is 0 Å². The first-order valence-electron chi connectivity index (χ1n) is 7.41. The van der Waals surface area contributed by atoms with Gasteiger partial charge in [-0.2, -0.15) is 0 Å². The summed E-state index contributed by atoms with van der Waals surface area (Å²) in [6.45, 7) is 0. The number of aromatic nitrogens is 1. The standard InChI is InChI=1S/C21H15N/c1-2-6-16(7-3-1)11-12-17-8-4-9-18-13-14-19-10-5-15-22-21(19)20(17)18/h1-15H. The lowest BCUT2D eigenvalue weighted by Crippen LogP contribution is -1.84. The molecule has 3 aromatic carbocycles. The highest BCUT2D eigenvalue weighted by Crippen LogP contribution is 2.28. The first-order valence-corrected chi connectivity index (χ1v) is 7.41. The van der Waals surface area contributed by atoms with Crippen molar-refractivity contribution in [3.05, 3.63) is 90.1 Å². The van der Waals surface area contributed by atoms with Gasteiger partial charge in [-0.3, -0.25) is 4.98 Å². The van der Waals surface area contributed by atoms with E-state index in [0.29, 0.717) is 0 Å². The van der Waals surface area contributed by atoms with Crippen LogP contribution in [0.25, 0.3) is 33.8 Å². The molecule has 1 heterocycles. The molecular weight excluding hydrogens is 266 g/mol.